The minimum Gasteiger partial charge on any atom is -0.350 e. The Kier molecular flexibility index (Phi) is 5.97. The predicted octanol–water partition coefficient (Wildman–Crippen LogP) is 0.304. The van der Waals surface area contributed by atoms with Crippen molar-refractivity contribution in [2.24, 2.45) is 0 Å². The van der Waals surface area contributed by atoms with Gasteiger partial charge >= 0.3 is 9.05 Å². The zero-order chi connectivity index (χ0) is 14.5. The van der Waals surface area contributed by atoms with Crippen molar-refractivity contribution < 1.29 is 22.2 Å². The number of fused-ring (bicyclic) bond motifs is 6. The van der Waals surface area contributed by atoms with Gasteiger partial charge in [0.15, 0.2) is 0 Å². The topological polar surface area (TPSA) is 40.2 Å². The van der Waals surface area contributed by atoms with E-state index in [0.29, 0.717) is 26.4 Å². The van der Waals surface area contributed by atoms with E-state index >= 15 is 0 Å². The molecular formula is C13H29N2O4Si+. The highest BCUT2D eigenvalue weighted by Gasteiger charge is 2.48. The van der Waals surface area contributed by atoms with E-state index in [1.54, 1.807) is 0 Å². The van der Waals surface area contributed by atoms with Crippen molar-refractivity contribution in [1.29, 1.82) is 0 Å². The molecule has 20 heavy (non-hydrogen) atoms. The number of rotatable bonds is 6. The predicted molar refractivity (Wildman–Crippen MR) is 78.1 cm³/mol. The van der Waals surface area contributed by atoms with Gasteiger partial charge in [0.25, 0.3) is 0 Å². The van der Waals surface area contributed by atoms with E-state index in [2.05, 4.69) is 25.8 Å². The molecule has 0 radical (unpaired) electrons. The molecule has 0 atom stereocenters. The molecule has 0 aliphatic carbocycles. The van der Waals surface area contributed by atoms with Gasteiger partial charge in [0, 0.05) is 19.6 Å². The summed E-state index contributed by atoms with van der Waals surface area (Å²) in [4.78, 5) is 2.31. The molecule has 0 amide bonds. The van der Waals surface area contributed by atoms with Gasteiger partial charge in [-0.05, 0) is 13.8 Å². The molecule has 2 bridgehead atoms. The molecule has 0 unspecified atom stereocenters. The van der Waals surface area contributed by atoms with Crippen LogP contribution in [0.15, 0.2) is 0 Å². The van der Waals surface area contributed by atoms with E-state index in [0.717, 1.165) is 43.8 Å². The molecular weight excluding hydrogens is 276 g/mol. The lowest BCUT2D eigenvalue weighted by atomic mass is 10.4. The van der Waals surface area contributed by atoms with Crippen molar-refractivity contribution in [3.05, 3.63) is 0 Å². The van der Waals surface area contributed by atoms with Crippen molar-refractivity contribution in [2.45, 2.75) is 13.8 Å². The summed E-state index contributed by atoms with van der Waals surface area (Å²) < 4.78 is 24.5. The fourth-order valence-corrected chi connectivity index (χ4v) is 4.28. The largest absolute Gasteiger partial charge is 0.680 e. The summed E-state index contributed by atoms with van der Waals surface area (Å²) in [7, 11) is -0.640. The van der Waals surface area contributed by atoms with E-state index in [9.17, 15) is 0 Å². The third-order valence-electron chi connectivity index (χ3n) is 4.50. The van der Waals surface area contributed by atoms with Crippen LogP contribution >= 0.6 is 0 Å². The molecule has 6 nitrogen and oxygen atoms in total. The van der Waals surface area contributed by atoms with E-state index in [1.165, 1.54) is 0 Å². The van der Waals surface area contributed by atoms with Crippen LogP contribution in [0, 0.1) is 0 Å². The first-order valence-electron chi connectivity index (χ1n) is 7.73. The Labute approximate surface area is 123 Å². The van der Waals surface area contributed by atoms with Gasteiger partial charge in [0.05, 0.1) is 46.6 Å². The summed E-state index contributed by atoms with van der Waals surface area (Å²) in [5.74, 6) is 0. The first-order valence-corrected chi connectivity index (χ1v) is 9.36. The molecule has 7 heteroatoms. The molecule has 0 aromatic rings. The van der Waals surface area contributed by atoms with Crippen molar-refractivity contribution in [3.63, 3.8) is 0 Å². The van der Waals surface area contributed by atoms with Crippen LogP contribution in [0.25, 0.3) is 0 Å². The molecule has 0 spiro atoms. The van der Waals surface area contributed by atoms with Gasteiger partial charge in [-0.3, -0.25) is 4.90 Å². The monoisotopic (exact) mass is 305 g/mol. The minimum absolute atomic E-state index is 0.633. The van der Waals surface area contributed by atoms with Crippen LogP contribution in [-0.4, -0.2) is 91.2 Å². The zero-order valence-electron chi connectivity index (χ0n) is 13.1. The first-order chi connectivity index (χ1) is 9.61. The van der Waals surface area contributed by atoms with Crippen LogP contribution in [0.5, 0.6) is 0 Å². The highest BCUT2D eigenvalue weighted by atomic mass is 28.4. The SMILES string of the molecule is CC[N+](C)(CC)CCO[Si]12OCCN(CCO1)CCO2. The highest BCUT2D eigenvalue weighted by Crippen LogP contribution is 2.17. The fraction of sp³-hybridized carbons (Fsp3) is 1.00. The van der Waals surface area contributed by atoms with Gasteiger partial charge in [0.2, 0.25) is 0 Å². The lowest BCUT2D eigenvalue weighted by Crippen LogP contribution is -2.58. The summed E-state index contributed by atoms with van der Waals surface area (Å²) in [6.45, 7) is 13.0. The van der Waals surface area contributed by atoms with Crippen molar-refractivity contribution >= 4 is 9.05 Å². The van der Waals surface area contributed by atoms with Crippen LogP contribution in [-0.2, 0) is 17.7 Å². The van der Waals surface area contributed by atoms with Crippen LogP contribution in [0.2, 0.25) is 0 Å². The molecule has 118 valence electrons. The number of hydrogen-bond donors (Lipinski definition) is 0. The average molecular weight is 305 g/mol. The second-order valence-electron chi connectivity index (χ2n) is 5.71. The quantitative estimate of drug-likeness (QED) is 0.521. The van der Waals surface area contributed by atoms with Crippen LogP contribution < -0.4 is 0 Å². The number of quaternary nitrogens is 1. The second kappa shape index (κ2) is 7.30. The first kappa shape index (κ1) is 16.3. The van der Waals surface area contributed by atoms with Gasteiger partial charge in [-0.2, -0.15) is 0 Å². The zero-order valence-corrected chi connectivity index (χ0v) is 14.1. The Morgan fingerprint density at radius 3 is 1.95 bits per heavy atom. The summed E-state index contributed by atoms with van der Waals surface area (Å²) in [5, 5.41) is 0. The molecule has 3 rings (SSSR count). The van der Waals surface area contributed by atoms with E-state index in [1.807, 2.05) is 0 Å². The third kappa shape index (κ3) is 4.24. The molecule has 0 aromatic carbocycles. The normalized spacial score (nSPS) is 31.6. The smallest absolute Gasteiger partial charge is 0.350 e. The lowest BCUT2D eigenvalue weighted by molar-refractivity contribution is -0.906. The van der Waals surface area contributed by atoms with Crippen molar-refractivity contribution in [1.82, 2.24) is 4.90 Å². The summed E-state index contributed by atoms with van der Waals surface area (Å²) in [5.41, 5.74) is 0. The van der Waals surface area contributed by atoms with Gasteiger partial charge in [-0.15, -0.1) is 0 Å². The molecule has 0 aromatic heterocycles. The molecule has 3 heterocycles. The Morgan fingerprint density at radius 1 is 1.00 bits per heavy atom. The summed E-state index contributed by atoms with van der Waals surface area (Å²) in [6, 6.07) is 0. The molecule has 0 N–H and O–H groups in total. The Morgan fingerprint density at radius 2 is 1.50 bits per heavy atom. The lowest BCUT2D eigenvalue weighted by Gasteiger charge is -2.37. The van der Waals surface area contributed by atoms with Gasteiger partial charge in [-0.25, -0.2) is 0 Å². The van der Waals surface area contributed by atoms with Crippen LogP contribution in [0.1, 0.15) is 13.8 Å². The Hall–Kier alpha value is -0.0231. The van der Waals surface area contributed by atoms with E-state index in [-0.39, 0.29) is 0 Å². The Balaban J connectivity index is 1.88. The third-order valence-corrected chi connectivity index (χ3v) is 6.73. The molecule has 3 aliphatic rings. The number of nitrogens with zero attached hydrogens (tertiary/aromatic N) is 2. The standard InChI is InChI=1S/C13H29N2O4Si/c1-4-15(3,5-2)9-13-19-20-16-10-6-14(7-11-17-20)8-12-18-20/h4-13H2,1-3H3/q+1. The van der Waals surface area contributed by atoms with Gasteiger partial charge in [0.1, 0.15) is 6.54 Å². The maximum absolute atomic E-state index is 6.01. The van der Waals surface area contributed by atoms with Gasteiger partial charge in [-0.1, -0.05) is 0 Å². The maximum atomic E-state index is 6.01. The van der Waals surface area contributed by atoms with Crippen LogP contribution in [0.3, 0.4) is 0 Å². The molecule has 3 fully saturated rings. The molecule has 0 saturated carbocycles. The Bertz CT molecular complexity index is 276. The molecule has 3 aliphatic heterocycles. The number of likely N-dealkylation sites (N-methyl/N-ethyl adjacent to an activating group) is 1. The van der Waals surface area contributed by atoms with Gasteiger partial charge < -0.3 is 22.2 Å². The average Bonchev–Trinajstić information content (AvgIpc) is 2.39. The summed E-state index contributed by atoms with van der Waals surface area (Å²) >= 11 is 0. The van der Waals surface area contributed by atoms with Crippen molar-refractivity contribution in [3.8, 4) is 0 Å². The van der Waals surface area contributed by atoms with Crippen LogP contribution in [0.4, 0.5) is 0 Å². The van der Waals surface area contributed by atoms with E-state index in [4.69, 9.17) is 17.7 Å². The minimum atomic E-state index is -2.89. The maximum Gasteiger partial charge on any atom is 0.680 e. The van der Waals surface area contributed by atoms with Crippen molar-refractivity contribution in [2.75, 3.05) is 72.7 Å². The van der Waals surface area contributed by atoms with E-state index < -0.39 is 9.05 Å². The molecule has 3 saturated heterocycles. The second-order valence-corrected chi connectivity index (χ2v) is 7.87. The fourth-order valence-electron chi connectivity index (χ4n) is 2.42. The highest BCUT2D eigenvalue weighted by molar-refractivity contribution is 6.53. The summed E-state index contributed by atoms with van der Waals surface area (Å²) in [6.07, 6.45) is 0. The number of hydrogen-bond acceptors (Lipinski definition) is 5.